The molecular formula is C16H15NO4S. The zero-order valence-electron chi connectivity index (χ0n) is 11.9. The quantitative estimate of drug-likeness (QED) is 0.877. The first-order chi connectivity index (χ1) is 10.5. The molecule has 0 fully saturated rings. The van der Waals surface area contributed by atoms with E-state index < -0.39 is 9.84 Å². The van der Waals surface area contributed by atoms with E-state index in [4.69, 9.17) is 15.2 Å². The molecule has 0 spiro atoms. The molecule has 5 nitrogen and oxygen atoms in total. The van der Waals surface area contributed by atoms with Gasteiger partial charge in [-0.3, -0.25) is 0 Å². The predicted molar refractivity (Wildman–Crippen MR) is 84.5 cm³/mol. The molecule has 0 saturated carbocycles. The van der Waals surface area contributed by atoms with Gasteiger partial charge in [0.25, 0.3) is 0 Å². The molecule has 0 unspecified atom stereocenters. The minimum atomic E-state index is -3.50. The van der Waals surface area contributed by atoms with Crippen molar-refractivity contribution in [3.05, 3.63) is 52.9 Å². The van der Waals surface area contributed by atoms with Crippen molar-refractivity contribution in [1.82, 2.24) is 0 Å². The monoisotopic (exact) mass is 317 g/mol. The molecule has 0 aliphatic carbocycles. The summed E-state index contributed by atoms with van der Waals surface area (Å²) in [6.07, 6.45) is 1.60. The van der Waals surface area contributed by atoms with Gasteiger partial charge in [0, 0.05) is 11.8 Å². The lowest BCUT2D eigenvalue weighted by molar-refractivity contribution is 0.353. The fraction of sp³-hybridized carbons (Fsp3) is 0.125. The van der Waals surface area contributed by atoms with Gasteiger partial charge in [-0.1, -0.05) is 6.07 Å². The fourth-order valence-electron chi connectivity index (χ4n) is 2.28. The number of anilines is 1. The summed E-state index contributed by atoms with van der Waals surface area (Å²) >= 11 is 0. The summed E-state index contributed by atoms with van der Waals surface area (Å²) in [7, 11) is -1.94. The zero-order chi connectivity index (χ0) is 15.7. The maximum absolute atomic E-state index is 12.4. The molecule has 0 aromatic heterocycles. The van der Waals surface area contributed by atoms with Crippen molar-refractivity contribution in [2.75, 3.05) is 19.5 Å². The first-order valence-electron chi connectivity index (χ1n) is 6.63. The number of sulfone groups is 1. The number of hydrogen-bond donors (Lipinski definition) is 1. The molecule has 1 aliphatic heterocycles. The second-order valence-corrected chi connectivity index (χ2v) is 6.85. The topological polar surface area (TPSA) is 78.6 Å². The van der Waals surface area contributed by atoms with Crippen LogP contribution in [0.15, 0.2) is 52.3 Å². The van der Waals surface area contributed by atoms with Crippen molar-refractivity contribution in [2.45, 2.75) is 4.90 Å². The fourth-order valence-corrected chi connectivity index (χ4v) is 3.74. The Morgan fingerprint density at radius 2 is 1.86 bits per heavy atom. The molecule has 6 heteroatoms. The molecule has 1 aliphatic rings. The average molecular weight is 317 g/mol. The predicted octanol–water partition coefficient (Wildman–Crippen LogP) is 2.48. The number of nitrogen functional groups attached to an aromatic ring is 1. The lowest BCUT2D eigenvalue weighted by Gasteiger charge is -2.08. The van der Waals surface area contributed by atoms with Gasteiger partial charge in [0.05, 0.1) is 16.9 Å². The zero-order valence-corrected chi connectivity index (χ0v) is 12.8. The molecule has 2 aromatic rings. The Kier molecular flexibility index (Phi) is 3.54. The number of rotatable bonds is 4. The van der Waals surface area contributed by atoms with E-state index in [9.17, 15) is 8.42 Å². The van der Waals surface area contributed by atoms with Gasteiger partial charge in [-0.2, -0.15) is 0 Å². The van der Waals surface area contributed by atoms with Crippen LogP contribution < -0.4 is 15.2 Å². The number of methoxy groups -OCH3 is 1. The molecular weight excluding hydrogens is 302 g/mol. The van der Waals surface area contributed by atoms with Gasteiger partial charge in [-0.05, 0) is 42.0 Å². The van der Waals surface area contributed by atoms with E-state index in [1.165, 1.54) is 6.07 Å². The van der Waals surface area contributed by atoms with E-state index in [1.54, 1.807) is 49.6 Å². The van der Waals surface area contributed by atoms with Crippen LogP contribution in [-0.2, 0) is 9.84 Å². The van der Waals surface area contributed by atoms with Gasteiger partial charge in [-0.15, -0.1) is 0 Å². The Bertz CT molecular complexity index is 856. The van der Waals surface area contributed by atoms with Crippen LogP contribution in [-0.4, -0.2) is 22.1 Å². The van der Waals surface area contributed by atoms with Crippen molar-refractivity contribution < 1.29 is 17.9 Å². The molecule has 114 valence electrons. The lowest BCUT2D eigenvalue weighted by Crippen LogP contribution is -2.09. The van der Waals surface area contributed by atoms with E-state index >= 15 is 0 Å². The number of fused-ring (bicyclic) bond motifs is 1. The van der Waals surface area contributed by atoms with Gasteiger partial charge in [0.15, 0.2) is 0 Å². The summed E-state index contributed by atoms with van der Waals surface area (Å²) < 4.78 is 35.5. The smallest absolute Gasteiger partial charge is 0.206 e. The molecule has 0 atom stereocenters. The molecule has 0 saturated heterocycles. The largest absolute Gasteiger partial charge is 0.497 e. The van der Waals surface area contributed by atoms with E-state index in [-0.39, 0.29) is 16.4 Å². The van der Waals surface area contributed by atoms with Crippen LogP contribution in [0, 0.1) is 0 Å². The van der Waals surface area contributed by atoms with Gasteiger partial charge < -0.3 is 15.2 Å². The Labute approximate surface area is 128 Å². The maximum Gasteiger partial charge on any atom is 0.206 e. The number of ether oxygens (including phenoxy) is 2. The molecule has 3 rings (SSSR count). The summed E-state index contributed by atoms with van der Waals surface area (Å²) in [4.78, 5) is 0.488. The molecule has 0 bridgehead atoms. The molecule has 1 heterocycles. The summed E-state index contributed by atoms with van der Waals surface area (Å²) in [6.45, 7) is -0.0376. The van der Waals surface area contributed by atoms with Gasteiger partial charge in [-0.25, -0.2) is 8.42 Å². The summed E-state index contributed by atoms with van der Waals surface area (Å²) in [5.74, 6) is 1.20. The van der Waals surface area contributed by atoms with Crippen LogP contribution in [0.4, 0.5) is 5.69 Å². The van der Waals surface area contributed by atoms with Crippen molar-refractivity contribution in [3.63, 3.8) is 0 Å². The highest BCUT2D eigenvalue weighted by Gasteiger charge is 2.29. The number of nitrogens with two attached hydrogens (primary N) is 1. The van der Waals surface area contributed by atoms with Crippen LogP contribution in [0.3, 0.4) is 0 Å². The Morgan fingerprint density at radius 3 is 2.64 bits per heavy atom. The average Bonchev–Trinajstić information content (AvgIpc) is 2.75. The summed E-state index contributed by atoms with van der Waals surface area (Å²) in [6, 6.07) is 11.8. The summed E-state index contributed by atoms with van der Waals surface area (Å²) in [5.41, 5.74) is 6.82. The third-order valence-electron chi connectivity index (χ3n) is 3.41. The minimum Gasteiger partial charge on any atom is -0.497 e. The van der Waals surface area contributed by atoms with Crippen molar-refractivity contribution in [2.24, 2.45) is 0 Å². The highest BCUT2D eigenvalue weighted by molar-refractivity contribution is 7.95. The summed E-state index contributed by atoms with van der Waals surface area (Å²) in [5, 5.41) is 0. The Hall–Kier alpha value is -2.47. The minimum absolute atomic E-state index is 0.0376. The standard InChI is InChI=1S/C16H15NO4S/c1-20-13-3-2-4-14(9-13)21-10-15-8-11-7-12(17)5-6-16(11)22(15,18)19/h2-9H,10,17H2,1H3. The molecule has 0 radical (unpaired) electrons. The second kappa shape index (κ2) is 5.38. The number of benzene rings is 2. The molecule has 2 aromatic carbocycles. The van der Waals surface area contributed by atoms with Crippen LogP contribution in [0.5, 0.6) is 11.5 Å². The van der Waals surface area contributed by atoms with Crippen LogP contribution in [0.25, 0.3) is 6.08 Å². The van der Waals surface area contributed by atoms with E-state index in [2.05, 4.69) is 0 Å². The molecule has 2 N–H and O–H groups in total. The Morgan fingerprint density at radius 1 is 1.09 bits per heavy atom. The van der Waals surface area contributed by atoms with Crippen molar-refractivity contribution in [1.29, 1.82) is 0 Å². The highest BCUT2D eigenvalue weighted by atomic mass is 32.2. The Balaban J connectivity index is 1.83. The van der Waals surface area contributed by atoms with E-state index in [1.807, 2.05) is 0 Å². The van der Waals surface area contributed by atoms with Gasteiger partial charge >= 0.3 is 0 Å². The van der Waals surface area contributed by atoms with Gasteiger partial charge in [0.1, 0.15) is 18.1 Å². The van der Waals surface area contributed by atoms with Crippen molar-refractivity contribution >= 4 is 21.6 Å². The normalized spacial score (nSPS) is 15.0. The van der Waals surface area contributed by atoms with Gasteiger partial charge in [0.2, 0.25) is 9.84 Å². The van der Waals surface area contributed by atoms with E-state index in [0.29, 0.717) is 22.7 Å². The molecule has 22 heavy (non-hydrogen) atoms. The molecule has 0 amide bonds. The lowest BCUT2D eigenvalue weighted by atomic mass is 10.2. The second-order valence-electron chi connectivity index (χ2n) is 4.88. The van der Waals surface area contributed by atoms with Crippen LogP contribution in [0.1, 0.15) is 5.56 Å². The van der Waals surface area contributed by atoms with Crippen LogP contribution >= 0.6 is 0 Å². The number of hydrogen-bond acceptors (Lipinski definition) is 5. The van der Waals surface area contributed by atoms with Crippen LogP contribution in [0.2, 0.25) is 0 Å². The first-order valence-corrected chi connectivity index (χ1v) is 8.11. The first kappa shape index (κ1) is 14.5. The highest BCUT2D eigenvalue weighted by Crippen LogP contribution is 2.34. The SMILES string of the molecule is COc1cccc(OCC2=Cc3cc(N)ccc3S2(=O)=O)c1. The maximum atomic E-state index is 12.4. The van der Waals surface area contributed by atoms with E-state index in [0.717, 1.165) is 0 Å². The third-order valence-corrected chi connectivity index (χ3v) is 5.28. The third kappa shape index (κ3) is 2.53. The van der Waals surface area contributed by atoms with Crippen molar-refractivity contribution in [3.8, 4) is 11.5 Å².